The Kier molecular flexibility index (Phi) is 4.67. The number of fused-ring (bicyclic) bond motifs is 1. The normalized spacial score (nSPS) is 12.9. The van der Waals surface area contributed by atoms with E-state index < -0.39 is 0 Å². The summed E-state index contributed by atoms with van der Waals surface area (Å²) in [5.74, 6) is 0.484. The Morgan fingerprint density at radius 2 is 2.04 bits per heavy atom. The fourth-order valence-corrected chi connectivity index (χ4v) is 3.76. The van der Waals surface area contributed by atoms with Crippen molar-refractivity contribution in [2.24, 2.45) is 0 Å². The van der Waals surface area contributed by atoms with E-state index in [-0.39, 0.29) is 18.1 Å². The largest absolute Gasteiger partial charge is 0.486 e. The number of amides is 1. The van der Waals surface area contributed by atoms with Crippen molar-refractivity contribution in [1.29, 1.82) is 0 Å². The third-order valence-corrected chi connectivity index (χ3v) is 5.18. The molecule has 0 aliphatic carbocycles. The first-order chi connectivity index (χ1) is 12.7. The first kappa shape index (κ1) is 16.7. The van der Waals surface area contributed by atoms with Crippen molar-refractivity contribution in [3.8, 4) is 5.75 Å². The van der Waals surface area contributed by atoms with Gasteiger partial charge in [0, 0.05) is 23.2 Å². The predicted molar refractivity (Wildman–Crippen MR) is 99.0 cm³/mol. The van der Waals surface area contributed by atoms with Crippen LogP contribution in [0.5, 0.6) is 5.75 Å². The average Bonchev–Trinajstić information content (AvgIpc) is 3.28. The van der Waals surface area contributed by atoms with Crippen molar-refractivity contribution in [1.82, 2.24) is 4.98 Å². The van der Waals surface area contributed by atoms with E-state index in [2.05, 4.69) is 4.98 Å². The molecule has 1 aliphatic rings. The van der Waals surface area contributed by atoms with E-state index in [0.717, 1.165) is 16.5 Å². The maximum atomic E-state index is 13.8. The van der Waals surface area contributed by atoms with Crippen LogP contribution in [0.15, 0.2) is 53.9 Å². The number of hydrogen-bond donors (Lipinski definition) is 0. The fraction of sp³-hybridized carbons (Fsp3) is 0.200. The third kappa shape index (κ3) is 3.46. The zero-order valence-electron chi connectivity index (χ0n) is 14.0. The topological polar surface area (TPSA) is 42.4 Å². The first-order valence-corrected chi connectivity index (χ1v) is 9.27. The number of nitrogens with zero attached hydrogens (tertiary/aromatic N) is 2. The second-order valence-corrected chi connectivity index (χ2v) is 6.99. The van der Waals surface area contributed by atoms with E-state index in [4.69, 9.17) is 4.74 Å². The molecular formula is C20H17FN2O2S. The van der Waals surface area contributed by atoms with Gasteiger partial charge in [-0.3, -0.25) is 4.79 Å². The Morgan fingerprint density at radius 3 is 2.88 bits per heavy atom. The zero-order chi connectivity index (χ0) is 17.9. The number of para-hydroxylation sites is 1. The molecule has 1 amide bonds. The molecule has 0 radical (unpaired) electrons. The van der Waals surface area contributed by atoms with E-state index in [1.54, 1.807) is 17.0 Å². The van der Waals surface area contributed by atoms with Gasteiger partial charge in [0.05, 0.1) is 12.1 Å². The van der Waals surface area contributed by atoms with Crippen molar-refractivity contribution in [2.75, 3.05) is 11.4 Å². The van der Waals surface area contributed by atoms with Gasteiger partial charge in [0.2, 0.25) is 5.91 Å². The van der Waals surface area contributed by atoms with E-state index >= 15 is 0 Å². The highest BCUT2D eigenvalue weighted by atomic mass is 32.1. The molecule has 0 saturated heterocycles. The van der Waals surface area contributed by atoms with Gasteiger partial charge >= 0.3 is 0 Å². The number of thiazole rings is 1. The summed E-state index contributed by atoms with van der Waals surface area (Å²) < 4.78 is 19.5. The maximum Gasteiger partial charge on any atom is 0.233 e. The maximum absolute atomic E-state index is 13.8. The number of carbonyl (C=O) groups is 1. The number of ether oxygens (including phenoxy) is 1. The summed E-state index contributed by atoms with van der Waals surface area (Å²) in [4.78, 5) is 18.7. The van der Waals surface area contributed by atoms with Crippen LogP contribution < -0.4 is 9.64 Å². The molecule has 0 N–H and O–H groups in total. The van der Waals surface area contributed by atoms with E-state index in [9.17, 15) is 9.18 Å². The van der Waals surface area contributed by atoms with Crippen LogP contribution in [-0.2, 0) is 24.2 Å². The minimum absolute atomic E-state index is 0.0600. The number of rotatable bonds is 5. The molecule has 0 atom stereocenters. The van der Waals surface area contributed by atoms with Crippen molar-refractivity contribution in [3.05, 3.63) is 76.0 Å². The van der Waals surface area contributed by atoms with Crippen LogP contribution in [0.4, 0.5) is 10.1 Å². The minimum atomic E-state index is -0.244. The van der Waals surface area contributed by atoms with Gasteiger partial charge in [-0.1, -0.05) is 24.3 Å². The quantitative estimate of drug-likeness (QED) is 0.684. The second-order valence-electron chi connectivity index (χ2n) is 6.04. The van der Waals surface area contributed by atoms with Gasteiger partial charge in [0.15, 0.2) is 0 Å². The molecule has 0 unspecified atom stereocenters. The van der Waals surface area contributed by atoms with E-state index in [1.807, 2.05) is 35.7 Å². The average molecular weight is 368 g/mol. The smallest absolute Gasteiger partial charge is 0.233 e. The summed E-state index contributed by atoms with van der Waals surface area (Å²) in [6.07, 6.45) is 0.763. The van der Waals surface area contributed by atoms with Crippen molar-refractivity contribution >= 4 is 22.9 Å². The Hall–Kier alpha value is -2.73. The lowest BCUT2D eigenvalue weighted by Gasteiger charge is -2.16. The van der Waals surface area contributed by atoms with Gasteiger partial charge in [-0.25, -0.2) is 9.37 Å². The molecule has 26 heavy (non-hydrogen) atoms. The minimum Gasteiger partial charge on any atom is -0.486 e. The molecule has 0 saturated carbocycles. The number of hydrogen-bond acceptors (Lipinski definition) is 4. The van der Waals surface area contributed by atoms with Gasteiger partial charge in [-0.15, -0.1) is 11.3 Å². The summed E-state index contributed by atoms with van der Waals surface area (Å²) in [6.45, 7) is 0.893. The van der Waals surface area contributed by atoms with Crippen LogP contribution in [0.3, 0.4) is 0 Å². The summed E-state index contributed by atoms with van der Waals surface area (Å²) in [5, 5.41) is 2.70. The molecular weight excluding hydrogens is 351 g/mol. The number of halogens is 1. The summed E-state index contributed by atoms with van der Waals surface area (Å²) >= 11 is 1.47. The van der Waals surface area contributed by atoms with Gasteiger partial charge < -0.3 is 9.64 Å². The molecule has 2 aromatic carbocycles. The number of benzene rings is 2. The Balaban J connectivity index is 1.39. The highest BCUT2D eigenvalue weighted by Crippen LogP contribution is 2.30. The lowest BCUT2D eigenvalue weighted by Crippen LogP contribution is -2.30. The molecule has 2 heterocycles. The molecule has 1 aromatic heterocycles. The Bertz CT molecular complexity index is 927. The van der Waals surface area contributed by atoms with E-state index in [1.165, 1.54) is 17.4 Å². The predicted octanol–water partition coefficient (Wildman–Crippen LogP) is 3.99. The van der Waals surface area contributed by atoms with Gasteiger partial charge in [-0.2, -0.15) is 0 Å². The van der Waals surface area contributed by atoms with Crippen LogP contribution in [0.25, 0.3) is 0 Å². The van der Waals surface area contributed by atoms with Gasteiger partial charge in [0.1, 0.15) is 23.2 Å². The second kappa shape index (κ2) is 7.25. The SMILES string of the molecule is O=C(Cc1csc(COc2ccccc2)n1)N1CCc2c(F)cccc21. The van der Waals surface area contributed by atoms with Crippen molar-refractivity contribution in [3.63, 3.8) is 0 Å². The molecule has 6 heteroatoms. The molecule has 3 aromatic rings. The van der Waals surface area contributed by atoms with Crippen LogP contribution in [0, 0.1) is 5.82 Å². The molecule has 1 aliphatic heterocycles. The molecule has 4 rings (SSSR count). The highest BCUT2D eigenvalue weighted by molar-refractivity contribution is 7.09. The van der Waals surface area contributed by atoms with Crippen LogP contribution in [0.1, 0.15) is 16.3 Å². The van der Waals surface area contributed by atoms with Crippen LogP contribution >= 0.6 is 11.3 Å². The Labute approximate surface area is 154 Å². The molecule has 0 bridgehead atoms. The van der Waals surface area contributed by atoms with E-state index in [0.29, 0.717) is 30.8 Å². The number of carbonyl (C=O) groups excluding carboxylic acids is 1. The zero-order valence-corrected chi connectivity index (χ0v) is 14.8. The number of aromatic nitrogens is 1. The molecule has 0 spiro atoms. The van der Waals surface area contributed by atoms with Crippen molar-refractivity contribution < 1.29 is 13.9 Å². The summed E-state index contributed by atoms with van der Waals surface area (Å²) in [7, 11) is 0. The standard InChI is InChI=1S/C20H17FN2O2S/c21-17-7-4-8-18-16(17)9-10-23(18)20(24)11-14-13-26-19(22-14)12-25-15-5-2-1-3-6-15/h1-8,13H,9-12H2. The fourth-order valence-electron chi connectivity index (χ4n) is 3.06. The Morgan fingerprint density at radius 1 is 1.19 bits per heavy atom. The van der Waals surface area contributed by atoms with Crippen LogP contribution in [-0.4, -0.2) is 17.4 Å². The lowest BCUT2D eigenvalue weighted by atomic mass is 10.1. The summed E-state index contributed by atoms with van der Waals surface area (Å²) in [6, 6.07) is 14.4. The first-order valence-electron chi connectivity index (χ1n) is 8.39. The summed E-state index contributed by atoms with van der Waals surface area (Å²) in [5.41, 5.74) is 2.02. The monoisotopic (exact) mass is 368 g/mol. The molecule has 0 fully saturated rings. The third-order valence-electron chi connectivity index (χ3n) is 4.31. The van der Waals surface area contributed by atoms with Crippen molar-refractivity contribution in [2.45, 2.75) is 19.4 Å². The molecule has 132 valence electrons. The van der Waals surface area contributed by atoms with Crippen LogP contribution in [0.2, 0.25) is 0 Å². The molecule has 4 nitrogen and oxygen atoms in total. The number of anilines is 1. The lowest BCUT2D eigenvalue weighted by molar-refractivity contribution is -0.117. The van der Waals surface area contributed by atoms with Gasteiger partial charge in [0.25, 0.3) is 0 Å². The highest BCUT2D eigenvalue weighted by Gasteiger charge is 2.27. The van der Waals surface area contributed by atoms with Gasteiger partial charge in [-0.05, 0) is 30.7 Å².